The molecule has 5 nitrogen and oxygen atoms in total. The molecule has 0 saturated carbocycles. The van der Waals surface area contributed by atoms with Crippen LogP contribution < -0.4 is 20.1 Å². The van der Waals surface area contributed by atoms with Crippen LogP contribution in [0.25, 0.3) is 0 Å². The molecule has 1 amide bonds. The smallest absolute Gasteiger partial charge is 0.241 e. The number of ether oxygens (including phenoxy) is 2. The Balaban J connectivity index is 0.00000200. The molecule has 2 N–H and O–H groups in total. The van der Waals surface area contributed by atoms with E-state index in [-0.39, 0.29) is 24.4 Å². The Labute approximate surface area is 132 Å². The maximum absolute atomic E-state index is 12.0. The second kappa shape index (κ2) is 7.71. The Morgan fingerprint density at radius 1 is 1.35 bits per heavy atom. The maximum Gasteiger partial charge on any atom is 0.241 e. The van der Waals surface area contributed by atoms with Crippen molar-refractivity contribution in [3.05, 3.63) is 16.6 Å². The Bertz CT molecular complexity index is 454. The molecule has 0 aliphatic carbocycles. The van der Waals surface area contributed by atoms with Gasteiger partial charge in [0.15, 0.2) is 0 Å². The van der Waals surface area contributed by atoms with Crippen LogP contribution >= 0.6 is 28.3 Å². The molecule has 20 heavy (non-hydrogen) atoms. The van der Waals surface area contributed by atoms with Crippen molar-refractivity contribution in [1.29, 1.82) is 0 Å². The van der Waals surface area contributed by atoms with E-state index in [1.165, 1.54) is 0 Å². The lowest BCUT2D eigenvalue weighted by molar-refractivity contribution is -0.117. The van der Waals surface area contributed by atoms with Gasteiger partial charge in [-0.3, -0.25) is 4.79 Å². The summed E-state index contributed by atoms with van der Waals surface area (Å²) in [5.74, 6) is 1.21. The molecule has 1 unspecified atom stereocenters. The van der Waals surface area contributed by atoms with Gasteiger partial charge in [0.05, 0.1) is 20.3 Å². The van der Waals surface area contributed by atoms with Crippen molar-refractivity contribution < 1.29 is 14.3 Å². The number of rotatable bonds is 4. The van der Waals surface area contributed by atoms with Gasteiger partial charge in [0.2, 0.25) is 5.91 Å². The molecule has 2 rings (SSSR count). The van der Waals surface area contributed by atoms with Gasteiger partial charge in [-0.1, -0.05) is 0 Å². The highest BCUT2D eigenvalue weighted by Gasteiger charge is 2.22. The number of methoxy groups -OCH3 is 2. The standard InChI is InChI=1S/C13H17BrN2O3.ClH/c1-18-10-6-8(7-11(19-2)12(10)14)16-13(17)9-4-3-5-15-9;/h6-7,9,15H,3-5H2,1-2H3,(H,16,17);1H. The van der Waals surface area contributed by atoms with Crippen molar-refractivity contribution in [3.8, 4) is 11.5 Å². The van der Waals surface area contributed by atoms with Crippen LogP contribution in [0.2, 0.25) is 0 Å². The first kappa shape index (κ1) is 17.1. The molecule has 7 heteroatoms. The van der Waals surface area contributed by atoms with Crippen molar-refractivity contribution in [2.24, 2.45) is 0 Å². The summed E-state index contributed by atoms with van der Waals surface area (Å²) in [6.45, 7) is 0.894. The van der Waals surface area contributed by atoms with Crippen LogP contribution in [0.4, 0.5) is 5.69 Å². The molecular weight excluding hydrogens is 348 g/mol. The van der Waals surface area contributed by atoms with Crippen LogP contribution in [-0.2, 0) is 4.79 Å². The molecule has 112 valence electrons. The molecule has 1 aliphatic heterocycles. The molecule has 1 aromatic rings. The van der Waals surface area contributed by atoms with Gasteiger partial charge < -0.3 is 20.1 Å². The SMILES string of the molecule is COc1cc(NC(=O)C2CCCN2)cc(OC)c1Br.Cl. The molecule has 1 saturated heterocycles. The third kappa shape index (κ3) is 3.77. The highest BCUT2D eigenvalue weighted by Crippen LogP contribution is 2.37. The maximum atomic E-state index is 12.0. The van der Waals surface area contributed by atoms with E-state index in [0.29, 0.717) is 17.2 Å². The molecule has 0 aromatic heterocycles. The summed E-state index contributed by atoms with van der Waals surface area (Å²) in [6, 6.07) is 3.42. The average Bonchev–Trinajstić information content (AvgIpc) is 2.94. The van der Waals surface area contributed by atoms with Gasteiger partial charge in [0.25, 0.3) is 0 Å². The molecule has 1 atom stereocenters. The average molecular weight is 366 g/mol. The summed E-state index contributed by atoms with van der Waals surface area (Å²) < 4.78 is 11.2. The Morgan fingerprint density at radius 3 is 2.40 bits per heavy atom. The minimum atomic E-state index is -0.111. The minimum Gasteiger partial charge on any atom is -0.495 e. The molecule has 0 bridgehead atoms. The number of nitrogens with one attached hydrogen (secondary N) is 2. The van der Waals surface area contributed by atoms with Crippen LogP contribution in [0.1, 0.15) is 12.8 Å². The number of hydrogen-bond acceptors (Lipinski definition) is 4. The van der Waals surface area contributed by atoms with E-state index in [1.54, 1.807) is 26.4 Å². The molecule has 0 spiro atoms. The summed E-state index contributed by atoms with van der Waals surface area (Å²) >= 11 is 3.39. The van der Waals surface area contributed by atoms with E-state index in [0.717, 1.165) is 23.9 Å². The minimum absolute atomic E-state index is 0. The Morgan fingerprint density at radius 2 is 1.95 bits per heavy atom. The molecule has 1 heterocycles. The summed E-state index contributed by atoms with van der Waals surface area (Å²) in [7, 11) is 3.15. The van der Waals surface area contributed by atoms with Crippen molar-refractivity contribution in [3.63, 3.8) is 0 Å². The first-order chi connectivity index (χ1) is 9.15. The number of benzene rings is 1. The zero-order valence-electron chi connectivity index (χ0n) is 11.4. The van der Waals surface area contributed by atoms with Crippen molar-refractivity contribution >= 4 is 39.9 Å². The summed E-state index contributed by atoms with van der Waals surface area (Å²) in [4.78, 5) is 12.0. The van der Waals surface area contributed by atoms with E-state index >= 15 is 0 Å². The third-order valence-corrected chi connectivity index (χ3v) is 3.87. The second-order valence-corrected chi connectivity index (χ2v) is 5.13. The predicted octanol–water partition coefficient (Wildman–Crippen LogP) is 2.58. The molecule has 0 radical (unpaired) electrons. The molecule has 1 fully saturated rings. The fourth-order valence-electron chi connectivity index (χ4n) is 2.08. The highest BCUT2D eigenvalue weighted by atomic mass is 79.9. The quantitative estimate of drug-likeness (QED) is 0.861. The molecule has 1 aromatic carbocycles. The van der Waals surface area contributed by atoms with Crippen molar-refractivity contribution in [2.75, 3.05) is 26.1 Å². The summed E-state index contributed by atoms with van der Waals surface area (Å²) in [6.07, 6.45) is 1.90. The van der Waals surface area contributed by atoms with E-state index in [4.69, 9.17) is 9.47 Å². The Hall–Kier alpha value is -0.980. The lowest BCUT2D eigenvalue weighted by Gasteiger charge is -2.14. The number of anilines is 1. The fourth-order valence-corrected chi connectivity index (χ4v) is 2.63. The van der Waals surface area contributed by atoms with Crippen LogP contribution in [-0.4, -0.2) is 32.7 Å². The van der Waals surface area contributed by atoms with Gasteiger partial charge in [-0.05, 0) is 35.3 Å². The third-order valence-electron chi connectivity index (χ3n) is 3.09. The zero-order chi connectivity index (χ0) is 13.8. The van der Waals surface area contributed by atoms with E-state index in [2.05, 4.69) is 26.6 Å². The topological polar surface area (TPSA) is 59.6 Å². The van der Waals surface area contributed by atoms with Crippen LogP contribution in [0.15, 0.2) is 16.6 Å². The number of carbonyl (C=O) groups excluding carboxylic acids is 1. The number of carbonyl (C=O) groups is 1. The van der Waals surface area contributed by atoms with Crippen LogP contribution in [0.5, 0.6) is 11.5 Å². The van der Waals surface area contributed by atoms with Gasteiger partial charge in [-0.25, -0.2) is 0 Å². The van der Waals surface area contributed by atoms with Crippen LogP contribution in [0.3, 0.4) is 0 Å². The number of halogens is 2. The molecule has 1 aliphatic rings. The number of hydrogen-bond donors (Lipinski definition) is 2. The zero-order valence-corrected chi connectivity index (χ0v) is 13.8. The second-order valence-electron chi connectivity index (χ2n) is 4.33. The Kier molecular flexibility index (Phi) is 6.58. The van der Waals surface area contributed by atoms with E-state index < -0.39 is 0 Å². The highest BCUT2D eigenvalue weighted by molar-refractivity contribution is 9.10. The van der Waals surface area contributed by atoms with Gasteiger partial charge in [-0.2, -0.15) is 0 Å². The van der Waals surface area contributed by atoms with Gasteiger partial charge >= 0.3 is 0 Å². The molecular formula is C13H18BrClN2O3. The fraction of sp³-hybridized carbons (Fsp3) is 0.462. The first-order valence-corrected chi connectivity index (χ1v) is 6.90. The van der Waals surface area contributed by atoms with Crippen molar-refractivity contribution in [1.82, 2.24) is 5.32 Å². The lowest BCUT2D eigenvalue weighted by atomic mass is 10.2. The van der Waals surface area contributed by atoms with Gasteiger partial charge in [0, 0.05) is 17.8 Å². The predicted molar refractivity (Wildman–Crippen MR) is 84.1 cm³/mol. The van der Waals surface area contributed by atoms with Gasteiger partial charge in [-0.15, -0.1) is 12.4 Å². The van der Waals surface area contributed by atoms with Crippen LogP contribution in [0, 0.1) is 0 Å². The van der Waals surface area contributed by atoms with Crippen molar-refractivity contribution in [2.45, 2.75) is 18.9 Å². The van der Waals surface area contributed by atoms with Gasteiger partial charge in [0.1, 0.15) is 16.0 Å². The lowest BCUT2D eigenvalue weighted by Crippen LogP contribution is -2.35. The largest absolute Gasteiger partial charge is 0.495 e. The van der Waals surface area contributed by atoms with E-state index in [1.807, 2.05) is 0 Å². The monoisotopic (exact) mass is 364 g/mol. The number of amides is 1. The normalized spacial score (nSPS) is 17.2. The van der Waals surface area contributed by atoms with E-state index in [9.17, 15) is 4.79 Å². The summed E-state index contributed by atoms with van der Waals surface area (Å²) in [5.41, 5.74) is 0.663. The summed E-state index contributed by atoms with van der Waals surface area (Å²) in [5, 5.41) is 6.04. The first-order valence-electron chi connectivity index (χ1n) is 6.11.